The summed E-state index contributed by atoms with van der Waals surface area (Å²) in [5.74, 6) is 0.148. The van der Waals surface area contributed by atoms with Crippen molar-refractivity contribution in [2.75, 3.05) is 39.2 Å². The van der Waals surface area contributed by atoms with E-state index in [-0.39, 0.29) is 17.9 Å². The van der Waals surface area contributed by atoms with Gasteiger partial charge in [0.25, 0.3) is 0 Å². The molecule has 2 unspecified atom stereocenters. The highest BCUT2D eigenvalue weighted by atomic mass is 16.5. The van der Waals surface area contributed by atoms with Crippen LogP contribution in [-0.4, -0.2) is 56.7 Å². The fourth-order valence-corrected chi connectivity index (χ4v) is 3.37. The molecule has 0 saturated carbocycles. The zero-order valence-corrected chi connectivity index (χ0v) is 16.0. The fraction of sp³-hybridized carbons (Fsp3) is 0.600. The fourth-order valence-electron chi connectivity index (χ4n) is 3.37. The number of carbonyl (C=O) groups is 2. The quantitative estimate of drug-likeness (QED) is 0.540. The van der Waals surface area contributed by atoms with Crippen molar-refractivity contribution in [3.05, 3.63) is 29.8 Å². The van der Waals surface area contributed by atoms with Crippen LogP contribution >= 0.6 is 0 Å². The van der Waals surface area contributed by atoms with Crippen LogP contribution in [0, 0.1) is 5.92 Å². The number of nitrogens with zero attached hydrogens (tertiary/aromatic N) is 1. The van der Waals surface area contributed by atoms with E-state index in [4.69, 9.17) is 4.74 Å². The van der Waals surface area contributed by atoms with Crippen LogP contribution < -0.4 is 5.32 Å². The Balaban J connectivity index is 1.80. The number of likely N-dealkylation sites (tertiary alicyclic amines) is 1. The molecular formula is C20H30N2O4. The summed E-state index contributed by atoms with van der Waals surface area (Å²) in [6, 6.07) is 6.64. The van der Waals surface area contributed by atoms with Crippen LogP contribution in [0.4, 0.5) is 5.69 Å². The van der Waals surface area contributed by atoms with E-state index in [1.54, 1.807) is 24.3 Å². The van der Waals surface area contributed by atoms with Crippen molar-refractivity contribution in [2.45, 2.75) is 38.6 Å². The highest BCUT2D eigenvalue weighted by Crippen LogP contribution is 2.26. The van der Waals surface area contributed by atoms with E-state index in [2.05, 4.69) is 21.9 Å². The Hall–Kier alpha value is -1.92. The lowest BCUT2D eigenvalue weighted by Crippen LogP contribution is -2.37. The lowest BCUT2D eigenvalue weighted by Gasteiger charge is -2.18. The summed E-state index contributed by atoms with van der Waals surface area (Å²) in [5, 5.41) is 2.95. The SMILES string of the molecule is CCCOCCCC1CC(C(=O)Nc2ccc(C(=O)OC)cc2)N(C)C1. The molecule has 1 N–H and O–H groups in total. The molecule has 0 bridgehead atoms. The van der Waals surface area contributed by atoms with Gasteiger partial charge in [-0.25, -0.2) is 4.79 Å². The number of methoxy groups -OCH3 is 1. The first-order valence-electron chi connectivity index (χ1n) is 9.32. The maximum atomic E-state index is 12.6. The Morgan fingerprint density at radius 3 is 2.62 bits per heavy atom. The van der Waals surface area contributed by atoms with Crippen molar-refractivity contribution in [2.24, 2.45) is 5.92 Å². The van der Waals surface area contributed by atoms with Gasteiger partial charge in [0.2, 0.25) is 5.91 Å². The van der Waals surface area contributed by atoms with Crippen LogP contribution in [0.2, 0.25) is 0 Å². The molecule has 0 aliphatic carbocycles. The van der Waals surface area contributed by atoms with Crippen LogP contribution in [0.25, 0.3) is 0 Å². The number of rotatable bonds is 9. The van der Waals surface area contributed by atoms with Gasteiger partial charge in [0, 0.05) is 25.4 Å². The number of likely N-dealkylation sites (N-methyl/N-ethyl adjacent to an activating group) is 1. The first-order chi connectivity index (χ1) is 12.5. The average molecular weight is 362 g/mol. The molecule has 2 rings (SSSR count). The Morgan fingerprint density at radius 2 is 1.96 bits per heavy atom. The van der Waals surface area contributed by atoms with Gasteiger partial charge in [0.15, 0.2) is 0 Å². The van der Waals surface area contributed by atoms with Gasteiger partial charge in [0.05, 0.1) is 18.7 Å². The monoisotopic (exact) mass is 362 g/mol. The minimum atomic E-state index is -0.385. The molecule has 1 saturated heterocycles. The Morgan fingerprint density at radius 1 is 1.23 bits per heavy atom. The Kier molecular flexibility index (Phi) is 8.06. The standard InChI is InChI=1S/C20H30N2O4/c1-4-11-26-12-5-6-15-13-18(22(2)14-15)19(23)21-17-9-7-16(8-10-17)20(24)25-3/h7-10,15,18H,4-6,11-14H2,1-3H3,(H,21,23). The lowest BCUT2D eigenvalue weighted by molar-refractivity contribution is -0.119. The van der Waals surface area contributed by atoms with Gasteiger partial charge in [0.1, 0.15) is 0 Å². The molecule has 1 fully saturated rings. The smallest absolute Gasteiger partial charge is 0.337 e. The number of ether oxygens (including phenoxy) is 2. The normalized spacial score (nSPS) is 20.1. The summed E-state index contributed by atoms with van der Waals surface area (Å²) in [6.07, 6.45) is 4.05. The van der Waals surface area contributed by atoms with Crippen LogP contribution in [0.15, 0.2) is 24.3 Å². The third-order valence-corrected chi connectivity index (χ3v) is 4.76. The van der Waals surface area contributed by atoms with E-state index in [1.807, 2.05) is 7.05 Å². The third-order valence-electron chi connectivity index (χ3n) is 4.76. The first kappa shape index (κ1) is 20.4. The van der Waals surface area contributed by atoms with Crippen LogP contribution in [0.5, 0.6) is 0 Å². The van der Waals surface area contributed by atoms with Gasteiger partial charge in [-0.15, -0.1) is 0 Å². The number of hydrogen-bond donors (Lipinski definition) is 1. The van der Waals surface area contributed by atoms with Gasteiger partial charge >= 0.3 is 5.97 Å². The van der Waals surface area contributed by atoms with E-state index in [0.717, 1.165) is 45.4 Å². The molecule has 144 valence electrons. The van der Waals surface area contributed by atoms with Gasteiger partial charge in [-0.2, -0.15) is 0 Å². The molecule has 0 radical (unpaired) electrons. The molecule has 26 heavy (non-hydrogen) atoms. The van der Waals surface area contributed by atoms with Crippen LogP contribution in [-0.2, 0) is 14.3 Å². The van der Waals surface area contributed by atoms with Gasteiger partial charge in [-0.3, -0.25) is 9.69 Å². The number of amides is 1. The van der Waals surface area contributed by atoms with Crippen molar-refractivity contribution in [3.63, 3.8) is 0 Å². The molecule has 1 aromatic carbocycles. The summed E-state index contributed by atoms with van der Waals surface area (Å²) in [7, 11) is 3.35. The van der Waals surface area contributed by atoms with Gasteiger partial charge in [-0.05, 0) is 62.9 Å². The minimum Gasteiger partial charge on any atom is -0.465 e. The molecule has 2 atom stereocenters. The number of esters is 1. The maximum Gasteiger partial charge on any atom is 0.337 e. The minimum absolute atomic E-state index is 0.00283. The average Bonchev–Trinajstić information content (AvgIpc) is 3.02. The van der Waals surface area contributed by atoms with Crippen LogP contribution in [0.3, 0.4) is 0 Å². The van der Waals surface area contributed by atoms with Crippen molar-refractivity contribution >= 4 is 17.6 Å². The maximum absolute atomic E-state index is 12.6. The number of nitrogens with one attached hydrogen (secondary N) is 1. The van der Waals surface area contributed by atoms with Crippen molar-refractivity contribution in [1.29, 1.82) is 0 Å². The number of carbonyl (C=O) groups excluding carboxylic acids is 2. The third kappa shape index (κ3) is 5.81. The van der Waals surface area contributed by atoms with E-state index in [9.17, 15) is 9.59 Å². The van der Waals surface area contributed by atoms with Gasteiger partial charge in [-0.1, -0.05) is 6.92 Å². The summed E-state index contributed by atoms with van der Waals surface area (Å²) in [5.41, 5.74) is 1.15. The summed E-state index contributed by atoms with van der Waals surface area (Å²) in [4.78, 5) is 26.2. The van der Waals surface area contributed by atoms with Crippen molar-refractivity contribution in [3.8, 4) is 0 Å². The summed E-state index contributed by atoms with van der Waals surface area (Å²) >= 11 is 0. The molecule has 6 nitrogen and oxygen atoms in total. The predicted molar refractivity (Wildman–Crippen MR) is 101 cm³/mol. The highest BCUT2D eigenvalue weighted by Gasteiger charge is 2.34. The Bertz CT molecular complexity index is 588. The molecule has 1 amide bonds. The second-order valence-electron chi connectivity index (χ2n) is 6.87. The topological polar surface area (TPSA) is 67.9 Å². The van der Waals surface area contributed by atoms with E-state index >= 15 is 0 Å². The molecule has 0 aromatic heterocycles. The highest BCUT2D eigenvalue weighted by molar-refractivity contribution is 5.96. The molecule has 6 heteroatoms. The second kappa shape index (κ2) is 10.3. The second-order valence-corrected chi connectivity index (χ2v) is 6.87. The zero-order valence-electron chi connectivity index (χ0n) is 16.0. The molecule has 1 aliphatic heterocycles. The van der Waals surface area contributed by atoms with Crippen LogP contribution in [0.1, 0.15) is 43.0 Å². The molecule has 0 spiro atoms. The number of hydrogen-bond acceptors (Lipinski definition) is 5. The number of benzene rings is 1. The largest absolute Gasteiger partial charge is 0.465 e. The molecule has 1 aromatic rings. The molecule has 1 heterocycles. The molecule has 1 aliphatic rings. The van der Waals surface area contributed by atoms with Gasteiger partial charge < -0.3 is 14.8 Å². The van der Waals surface area contributed by atoms with E-state index in [0.29, 0.717) is 17.2 Å². The van der Waals surface area contributed by atoms with Crippen molar-refractivity contribution in [1.82, 2.24) is 4.90 Å². The van der Waals surface area contributed by atoms with E-state index in [1.165, 1.54) is 7.11 Å². The zero-order chi connectivity index (χ0) is 18.9. The molecular weight excluding hydrogens is 332 g/mol. The van der Waals surface area contributed by atoms with Crippen molar-refractivity contribution < 1.29 is 19.1 Å². The van der Waals surface area contributed by atoms with E-state index < -0.39 is 0 Å². The summed E-state index contributed by atoms with van der Waals surface area (Å²) in [6.45, 7) is 4.67. The lowest BCUT2D eigenvalue weighted by atomic mass is 10.00. The number of anilines is 1. The first-order valence-corrected chi connectivity index (χ1v) is 9.32. The predicted octanol–water partition coefficient (Wildman–Crippen LogP) is 2.94. The summed E-state index contributed by atoms with van der Waals surface area (Å²) < 4.78 is 10.2. The Labute approximate surface area is 155 Å².